The minimum absolute atomic E-state index is 0.0331. The summed E-state index contributed by atoms with van der Waals surface area (Å²) in [6.45, 7) is 6.98. The molecule has 1 aliphatic rings. The molecule has 140 valence electrons. The standard InChI is InChI=1S/C21H27FN2O2/c1-15-12-24-19(16(2)20(15)25-3)13-23-14-21(8-10-26-11-9-21)17-4-6-18(22)7-5-17/h4-7,12,23H,8-11,13-14H2,1-3H3. The fourth-order valence-electron chi connectivity index (χ4n) is 3.80. The zero-order valence-electron chi connectivity index (χ0n) is 15.8. The molecule has 3 rings (SSSR count). The Labute approximate surface area is 154 Å². The highest BCUT2D eigenvalue weighted by Gasteiger charge is 2.34. The van der Waals surface area contributed by atoms with Gasteiger partial charge in [-0.3, -0.25) is 4.98 Å². The number of benzene rings is 1. The quantitative estimate of drug-likeness (QED) is 0.855. The second-order valence-electron chi connectivity index (χ2n) is 7.05. The van der Waals surface area contributed by atoms with Gasteiger partial charge in [0.1, 0.15) is 11.6 Å². The van der Waals surface area contributed by atoms with Crippen LogP contribution in [0.25, 0.3) is 0 Å². The smallest absolute Gasteiger partial charge is 0.128 e. The summed E-state index contributed by atoms with van der Waals surface area (Å²) in [5, 5.41) is 3.57. The number of rotatable bonds is 6. The molecule has 0 bridgehead atoms. The van der Waals surface area contributed by atoms with Crippen molar-refractivity contribution in [1.82, 2.24) is 10.3 Å². The molecule has 2 aromatic rings. The number of nitrogens with zero attached hydrogens (tertiary/aromatic N) is 1. The first-order chi connectivity index (χ1) is 12.6. The van der Waals surface area contributed by atoms with Crippen molar-refractivity contribution in [2.24, 2.45) is 0 Å². The Bertz CT molecular complexity index is 740. The van der Waals surface area contributed by atoms with Crippen LogP contribution in [0.2, 0.25) is 0 Å². The van der Waals surface area contributed by atoms with E-state index in [0.29, 0.717) is 6.54 Å². The van der Waals surface area contributed by atoms with E-state index in [1.807, 2.05) is 32.2 Å². The number of hydrogen-bond acceptors (Lipinski definition) is 4. The third kappa shape index (κ3) is 3.89. The molecule has 5 heteroatoms. The molecule has 0 amide bonds. The summed E-state index contributed by atoms with van der Waals surface area (Å²) in [6.07, 6.45) is 3.71. The van der Waals surface area contributed by atoms with Crippen LogP contribution in [0.4, 0.5) is 4.39 Å². The van der Waals surface area contributed by atoms with Gasteiger partial charge in [0, 0.05) is 49.0 Å². The summed E-state index contributed by atoms with van der Waals surface area (Å²) in [7, 11) is 1.69. The Balaban J connectivity index is 1.74. The van der Waals surface area contributed by atoms with Crippen molar-refractivity contribution in [2.75, 3.05) is 26.9 Å². The number of hydrogen-bond donors (Lipinski definition) is 1. The molecule has 0 atom stereocenters. The molecule has 0 unspecified atom stereocenters. The predicted octanol–water partition coefficient (Wildman–Crippen LogP) is 3.68. The van der Waals surface area contributed by atoms with Gasteiger partial charge in [0.15, 0.2) is 0 Å². The zero-order valence-corrected chi connectivity index (χ0v) is 15.8. The molecular formula is C21H27FN2O2. The van der Waals surface area contributed by atoms with Gasteiger partial charge >= 0.3 is 0 Å². The number of aryl methyl sites for hydroxylation is 1. The van der Waals surface area contributed by atoms with E-state index in [0.717, 1.165) is 55.2 Å². The van der Waals surface area contributed by atoms with Crippen molar-refractivity contribution < 1.29 is 13.9 Å². The average Bonchev–Trinajstić information content (AvgIpc) is 2.65. The molecule has 1 saturated heterocycles. The van der Waals surface area contributed by atoms with E-state index in [4.69, 9.17) is 9.47 Å². The van der Waals surface area contributed by atoms with Gasteiger partial charge in [-0.05, 0) is 44.4 Å². The molecule has 2 heterocycles. The van der Waals surface area contributed by atoms with Crippen LogP contribution >= 0.6 is 0 Å². The maximum atomic E-state index is 13.3. The molecule has 26 heavy (non-hydrogen) atoms. The molecule has 0 spiro atoms. The Hall–Kier alpha value is -1.98. The lowest BCUT2D eigenvalue weighted by Gasteiger charge is -2.38. The fourth-order valence-corrected chi connectivity index (χ4v) is 3.80. The second kappa shape index (κ2) is 8.14. The zero-order chi connectivity index (χ0) is 18.6. The van der Waals surface area contributed by atoms with Gasteiger partial charge in [0.2, 0.25) is 0 Å². The van der Waals surface area contributed by atoms with Gasteiger partial charge in [-0.15, -0.1) is 0 Å². The van der Waals surface area contributed by atoms with Crippen LogP contribution in [0.1, 0.15) is 35.2 Å². The number of ether oxygens (including phenoxy) is 2. The van der Waals surface area contributed by atoms with Gasteiger partial charge in [0.05, 0.1) is 12.8 Å². The molecule has 1 aromatic heterocycles. The molecule has 0 aliphatic carbocycles. The lowest BCUT2D eigenvalue weighted by Crippen LogP contribution is -2.42. The van der Waals surface area contributed by atoms with Crippen LogP contribution in [0.5, 0.6) is 5.75 Å². The fraction of sp³-hybridized carbons (Fsp3) is 0.476. The van der Waals surface area contributed by atoms with Crippen molar-refractivity contribution >= 4 is 0 Å². The largest absolute Gasteiger partial charge is 0.496 e. The van der Waals surface area contributed by atoms with E-state index in [1.165, 1.54) is 5.56 Å². The number of pyridine rings is 1. The SMILES string of the molecule is COc1c(C)cnc(CNCC2(c3ccc(F)cc3)CCOCC2)c1C. The number of methoxy groups -OCH3 is 1. The average molecular weight is 358 g/mol. The Kier molecular flexibility index (Phi) is 5.89. The predicted molar refractivity (Wildman–Crippen MR) is 100 cm³/mol. The van der Waals surface area contributed by atoms with Crippen molar-refractivity contribution in [2.45, 2.75) is 38.6 Å². The van der Waals surface area contributed by atoms with Gasteiger partial charge in [0.25, 0.3) is 0 Å². The minimum atomic E-state index is -0.199. The van der Waals surface area contributed by atoms with Gasteiger partial charge < -0.3 is 14.8 Å². The molecule has 4 nitrogen and oxygen atoms in total. The minimum Gasteiger partial charge on any atom is -0.496 e. The van der Waals surface area contributed by atoms with E-state index >= 15 is 0 Å². The molecular weight excluding hydrogens is 331 g/mol. The Morgan fingerprint density at radius 1 is 1.19 bits per heavy atom. The lowest BCUT2D eigenvalue weighted by molar-refractivity contribution is 0.0497. The van der Waals surface area contributed by atoms with Crippen LogP contribution in [0.3, 0.4) is 0 Å². The highest BCUT2D eigenvalue weighted by atomic mass is 19.1. The number of nitrogens with one attached hydrogen (secondary N) is 1. The van der Waals surface area contributed by atoms with Gasteiger partial charge in [-0.2, -0.15) is 0 Å². The van der Waals surface area contributed by atoms with E-state index < -0.39 is 0 Å². The normalized spacial score (nSPS) is 16.5. The number of halogens is 1. The summed E-state index contributed by atoms with van der Waals surface area (Å²) in [5.41, 5.74) is 4.24. The third-order valence-electron chi connectivity index (χ3n) is 5.41. The first kappa shape index (κ1) is 18.8. The van der Waals surface area contributed by atoms with E-state index in [2.05, 4.69) is 10.3 Å². The molecule has 0 saturated carbocycles. The van der Waals surface area contributed by atoms with Crippen molar-refractivity contribution in [3.8, 4) is 5.75 Å². The molecule has 1 aliphatic heterocycles. The van der Waals surface area contributed by atoms with Gasteiger partial charge in [-0.1, -0.05) is 12.1 Å². The van der Waals surface area contributed by atoms with Crippen LogP contribution in [0, 0.1) is 19.7 Å². The maximum absolute atomic E-state index is 13.3. The van der Waals surface area contributed by atoms with E-state index in [-0.39, 0.29) is 11.2 Å². The van der Waals surface area contributed by atoms with Crippen LogP contribution < -0.4 is 10.1 Å². The Morgan fingerprint density at radius 3 is 2.54 bits per heavy atom. The van der Waals surface area contributed by atoms with Crippen LogP contribution in [0.15, 0.2) is 30.5 Å². The molecule has 1 aromatic carbocycles. The highest BCUT2D eigenvalue weighted by molar-refractivity contribution is 5.41. The summed E-state index contributed by atoms with van der Waals surface area (Å²) in [6, 6.07) is 6.90. The van der Waals surface area contributed by atoms with Crippen LogP contribution in [-0.2, 0) is 16.7 Å². The molecule has 0 radical (unpaired) electrons. The summed E-state index contributed by atoms with van der Waals surface area (Å²) in [4.78, 5) is 4.56. The first-order valence-corrected chi connectivity index (χ1v) is 9.09. The third-order valence-corrected chi connectivity index (χ3v) is 5.41. The van der Waals surface area contributed by atoms with Crippen LogP contribution in [-0.4, -0.2) is 31.9 Å². The molecule has 1 fully saturated rings. The van der Waals surface area contributed by atoms with Crippen molar-refractivity contribution in [3.63, 3.8) is 0 Å². The molecule has 1 N–H and O–H groups in total. The van der Waals surface area contributed by atoms with Crippen molar-refractivity contribution in [1.29, 1.82) is 0 Å². The second-order valence-corrected chi connectivity index (χ2v) is 7.05. The first-order valence-electron chi connectivity index (χ1n) is 9.09. The summed E-state index contributed by atoms with van der Waals surface area (Å²) >= 11 is 0. The number of aromatic nitrogens is 1. The van der Waals surface area contributed by atoms with E-state index in [9.17, 15) is 4.39 Å². The lowest BCUT2D eigenvalue weighted by atomic mass is 9.74. The summed E-state index contributed by atoms with van der Waals surface area (Å²) in [5.74, 6) is 0.701. The maximum Gasteiger partial charge on any atom is 0.128 e. The Morgan fingerprint density at radius 2 is 1.88 bits per heavy atom. The van der Waals surface area contributed by atoms with Crippen molar-refractivity contribution in [3.05, 3.63) is 58.7 Å². The van der Waals surface area contributed by atoms with Gasteiger partial charge in [-0.25, -0.2) is 4.39 Å². The monoisotopic (exact) mass is 358 g/mol. The highest BCUT2D eigenvalue weighted by Crippen LogP contribution is 2.34. The van der Waals surface area contributed by atoms with E-state index in [1.54, 1.807) is 19.2 Å². The summed E-state index contributed by atoms with van der Waals surface area (Å²) < 4.78 is 24.4. The topological polar surface area (TPSA) is 43.4 Å².